The quantitative estimate of drug-likeness (QED) is 0.476. The van der Waals surface area contributed by atoms with E-state index >= 15 is 0 Å². The van der Waals surface area contributed by atoms with E-state index in [1.54, 1.807) is 48.5 Å². The van der Waals surface area contributed by atoms with Crippen molar-refractivity contribution < 1.29 is 9.53 Å². The lowest BCUT2D eigenvalue weighted by Crippen LogP contribution is -2.40. The van der Waals surface area contributed by atoms with Crippen molar-refractivity contribution in [1.82, 2.24) is 9.13 Å². The molecule has 1 amide bonds. The summed E-state index contributed by atoms with van der Waals surface area (Å²) < 4.78 is 7.66. The zero-order valence-corrected chi connectivity index (χ0v) is 19.2. The number of carbonyl (C=O) groups is 1. The zero-order valence-electron chi connectivity index (χ0n) is 17.6. The summed E-state index contributed by atoms with van der Waals surface area (Å²) in [6.07, 6.45) is 0. The van der Waals surface area contributed by atoms with Crippen LogP contribution in [0, 0.1) is 13.8 Å². The van der Waals surface area contributed by atoms with Gasteiger partial charge in [0.1, 0.15) is 17.1 Å². The van der Waals surface area contributed by atoms with Crippen molar-refractivity contribution in [1.29, 1.82) is 0 Å². The molecule has 9 heteroatoms. The number of nitrogens with zero attached hydrogens (tertiary/aromatic N) is 2. The van der Waals surface area contributed by atoms with Crippen LogP contribution in [0.4, 0.5) is 5.69 Å². The lowest BCUT2D eigenvalue weighted by molar-refractivity contribution is -0.116. The maximum atomic E-state index is 13.4. The maximum Gasteiger partial charge on any atom is 0.337 e. The van der Waals surface area contributed by atoms with Gasteiger partial charge >= 0.3 is 5.69 Å². The average Bonchev–Trinajstić information content (AvgIpc) is 3.06. The van der Waals surface area contributed by atoms with E-state index in [4.69, 9.17) is 16.3 Å². The fourth-order valence-corrected chi connectivity index (χ4v) is 4.85. The minimum absolute atomic E-state index is 0.270. The molecular weight excluding hydrogens is 450 g/mol. The van der Waals surface area contributed by atoms with E-state index in [0.717, 1.165) is 15.0 Å². The molecular formula is C23H20ClN3O4S. The van der Waals surface area contributed by atoms with Crippen LogP contribution >= 0.6 is 22.9 Å². The molecule has 7 nitrogen and oxygen atoms in total. The first-order valence-electron chi connectivity index (χ1n) is 9.76. The van der Waals surface area contributed by atoms with E-state index in [0.29, 0.717) is 32.4 Å². The molecule has 0 spiro atoms. The predicted octanol–water partition coefficient (Wildman–Crippen LogP) is 4.13. The number of aryl methyl sites for hydroxylation is 2. The molecule has 2 heterocycles. The molecule has 2 aromatic carbocycles. The molecule has 1 N–H and O–H groups in total. The molecule has 0 unspecified atom stereocenters. The Hall–Kier alpha value is -3.36. The van der Waals surface area contributed by atoms with Crippen LogP contribution in [0.25, 0.3) is 15.9 Å². The van der Waals surface area contributed by atoms with Gasteiger partial charge in [-0.05, 0) is 49.7 Å². The van der Waals surface area contributed by atoms with Crippen molar-refractivity contribution in [3.8, 4) is 11.4 Å². The normalized spacial score (nSPS) is 11.0. The van der Waals surface area contributed by atoms with Crippen LogP contribution in [0.1, 0.15) is 10.4 Å². The van der Waals surface area contributed by atoms with Crippen molar-refractivity contribution in [2.75, 3.05) is 12.4 Å². The molecule has 4 rings (SSSR count). The predicted molar refractivity (Wildman–Crippen MR) is 128 cm³/mol. The van der Waals surface area contributed by atoms with Gasteiger partial charge in [-0.3, -0.25) is 14.2 Å². The van der Waals surface area contributed by atoms with Crippen molar-refractivity contribution in [2.24, 2.45) is 0 Å². The highest BCUT2D eigenvalue weighted by Gasteiger charge is 2.21. The van der Waals surface area contributed by atoms with Crippen LogP contribution in [0.2, 0.25) is 5.02 Å². The van der Waals surface area contributed by atoms with Gasteiger partial charge in [-0.1, -0.05) is 29.8 Å². The third-order valence-corrected chi connectivity index (χ3v) is 6.67. The van der Waals surface area contributed by atoms with Crippen molar-refractivity contribution in [2.45, 2.75) is 20.4 Å². The number of para-hydroxylation sites is 2. The number of ether oxygens (including phenoxy) is 1. The first-order chi connectivity index (χ1) is 15.3. The molecule has 0 saturated heterocycles. The SMILES string of the molecule is COc1ccccc1NC(=O)Cn1c(=O)n(-c2cccc(Cl)c2)c(=O)c2c(C)c(C)sc21. The van der Waals surface area contributed by atoms with E-state index in [2.05, 4.69) is 5.32 Å². The molecule has 0 fully saturated rings. The van der Waals surface area contributed by atoms with Crippen LogP contribution in [-0.2, 0) is 11.3 Å². The smallest absolute Gasteiger partial charge is 0.337 e. The Morgan fingerprint density at radius 2 is 1.88 bits per heavy atom. The van der Waals surface area contributed by atoms with Crippen LogP contribution < -0.4 is 21.3 Å². The van der Waals surface area contributed by atoms with Gasteiger partial charge in [-0.2, -0.15) is 0 Å². The Morgan fingerprint density at radius 1 is 1.12 bits per heavy atom. The maximum absolute atomic E-state index is 13.4. The van der Waals surface area contributed by atoms with Gasteiger partial charge in [0.25, 0.3) is 5.56 Å². The number of rotatable bonds is 5. The van der Waals surface area contributed by atoms with Gasteiger partial charge in [0.15, 0.2) is 0 Å². The molecule has 32 heavy (non-hydrogen) atoms. The number of fused-ring (bicyclic) bond motifs is 1. The molecule has 4 aromatic rings. The van der Waals surface area contributed by atoms with E-state index in [1.807, 2.05) is 13.8 Å². The van der Waals surface area contributed by atoms with Crippen LogP contribution in [-0.4, -0.2) is 22.2 Å². The highest BCUT2D eigenvalue weighted by atomic mass is 35.5. The first kappa shape index (κ1) is 21.9. The second-order valence-electron chi connectivity index (χ2n) is 7.20. The average molecular weight is 470 g/mol. The van der Waals surface area contributed by atoms with Crippen molar-refractivity contribution >= 4 is 44.7 Å². The number of amides is 1. The number of halogens is 1. The van der Waals surface area contributed by atoms with Crippen molar-refractivity contribution in [3.63, 3.8) is 0 Å². The minimum Gasteiger partial charge on any atom is -0.495 e. The molecule has 164 valence electrons. The van der Waals surface area contributed by atoms with E-state index in [9.17, 15) is 14.4 Å². The summed E-state index contributed by atoms with van der Waals surface area (Å²) in [6.45, 7) is 3.45. The molecule has 0 aliphatic carbocycles. The largest absolute Gasteiger partial charge is 0.495 e. The number of anilines is 1. The molecule has 0 aliphatic rings. The second kappa shape index (κ2) is 8.64. The monoisotopic (exact) mass is 469 g/mol. The number of benzene rings is 2. The van der Waals surface area contributed by atoms with E-state index in [1.165, 1.54) is 23.0 Å². The third-order valence-electron chi connectivity index (χ3n) is 5.20. The van der Waals surface area contributed by atoms with Crippen molar-refractivity contribution in [3.05, 3.63) is 84.8 Å². The van der Waals surface area contributed by atoms with Gasteiger partial charge in [0, 0.05) is 9.90 Å². The Labute approximate surface area is 192 Å². The fourth-order valence-electron chi connectivity index (χ4n) is 3.52. The number of hydrogen-bond acceptors (Lipinski definition) is 5. The molecule has 0 radical (unpaired) electrons. The Kier molecular flexibility index (Phi) is 5.90. The summed E-state index contributed by atoms with van der Waals surface area (Å²) in [7, 11) is 1.51. The molecule has 0 aliphatic heterocycles. The highest BCUT2D eigenvalue weighted by Crippen LogP contribution is 2.28. The summed E-state index contributed by atoms with van der Waals surface area (Å²) in [5.74, 6) is 0.0861. The summed E-state index contributed by atoms with van der Waals surface area (Å²) in [5, 5.41) is 3.59. The van der Waals surface area contributed by atoms with Crippen LogP contribution in [0.3, 0.4) is 0 Å². The van der Waals surface area contributed by atoms with Gasteiger partial charge in [0.2, 0.25) is 5.91 Å². The van der Waals surface area contributed by atoms with Gasteiger partial charge in [0.05, 0.1) is 23.9 Å². The van der Waals surface area contributed by atoms with Gasteiger partial charge in [-0.15, -0.1) is 11.3 Å². The Morgan fingerprint density at radius 3 is 2.59 bits per heavy atom. The number of thiophene rings is 1. The Bertz CT molecular complexity index is 1470. The zero-order chi connectivity index (χ0) is 23.0. The number of nitrogens with one attached hydrogen (secondary N) is 1. The Balaban J connectivity index is 1.87. The highest BCUT2D eigenvalue weighted by molar-refractivity contribution is 7.18. The minimum atomic E-state index is -0.610. The van der Waals surface area contributed by atoms with Crippen LogP contribution in [0.5, 0.6) is 5.75 Å². The van der Waals surface area contributed by atoms with E-state index < -0.39 is 17.2 Å². The third kappa shape index (κ3) is 3.83. The molecule has 0 saturated carbocycles. The molecule has 0 bridgehead atoms. The summed E-state index contributed by atoms with van der Waals surface area (Å²) in [6, 6.07) is 13.5. The summed E-state index contributed by atoms with van der Waals surface area (Å²) >= 11 is 7.41. The molecule has 0 atom stereocenters. The fraction of sp³-hybridized carbons (Fsp3) is 0.174. The topological polar surface area (TPSA) is 82.3 Å². The lowest BCUT2D eigenvalue weighted by atomic mass is 10.2. The van der Waals surface area contributed by atoms with Gasteiger partial charge < -0.3 is 10.1 Å². The number of hydrogen-bond donors (Lipinski definition) is 1. The molecule has 2 aromatic heterocycles. The standard InChI is InChI=1S/C23H20ClN3O4S/c1-13-14(2)32-22-20(13)21(29)27(16-8-6-7-15(24)11-16)23(30)26(22)12-19(28)25-17-9-4-5-10-18(17)31-3/h4-11H,12H2,1-3H3,(H,25,28). The van der Waals surface area contributed by atoms with E-state index in [-0.39, 0.29) is 6.54 Å². The summed E-state index contributed by atoms with van der Waals surface area (Å²) in [4.78, 5) is 41.0. The van der Waals surface area contributed by atoms with Gasteiger partial charge in [-0.25, -0.2) is 9.36 Å². The number of methoxy groups -OCH3 is 1. The summed E-state index contributed by atoms with van der Waals surface area (Å²) in [5.41, 5.74) is 0.573. The number of aromatic nitrogens is 2. The second-order valence-corrected chi connectivity index (χ2v) is 8.84. The first-order valence-corrected chi connectivity index (χ1v) is 11.0. The van der Waals surface area contributed by atoms with Crippen LogP contribution in [0.15, 0.2) is 58.1 Å². The number of carbonyl (C=O) groups excluding carboxylic acids is 1. The lowest BCUT2D eigenvalue weighted by Gasteiger charge is -2.14.